The molecule has 0 radical (unpaired) electrons. The van der Waals surface area contributed by atoms with E-state index in [1.807, 2.05) is 36.2 Å². The highest BCUT2D eigenvalue weighted by Gasteiger charge is 2.34. The minimum Gasteiger partial charge on any atom is -0.341 e. The molecule has 2 atom stereocenters. The predicted molar refractivity (Wildman–Crippen MR) is 99.3 cm³/mol. The Labute approximate surface area is 154 Å². The molecule has 134 valence electrons. The van der Waals surface area contributed by atoms with Crippen molar-refractivity contribution >= 4 is 29.9 Å². The molecule has 2 unspecified atom stereocenters. The van der Waals surface area contributed by atoms with E-state index in [0.29, 0.717) is 5.92 Å². The number of amides is 1. The van der Waals surface area contributed by atoms with E-state index >= 15 is 0 Å². The highest BCUT2D eigenvalue weighted by Crippen LogP contribution is 2.25. The molecule has 2 heterocycles. The quantitative estimate of drug-likeness (QED) is 0.757. The molecule has 7 heteroatoms. The molecule has 1 amide bonds. The summed E-state index contributed by atoms with van der Waals surface area (Å²) in [4.78, 5) is 14.7. The van der Waals surface area contributed by atoms with Crippen molar-refractivity contribution in [3.05, 3.63) is 34.9 Å². The number of carbonyl (C=O) groups excluding carboxylic acids is 1. The highest BCUT2D eigenvalue weighted by atomic mass is 35.5. The molecule has 24 heavy (non-hydrogen) atoms. The van der Waals surface area contributed by atoms with Crippen LogP contribution in [0.25, 0.3) is 0 Å². The monoisotopic (exact) mass is 372 g/mol. The summed E-state index contributed by atoms with van der Waals surface area (Å²) in [5.74, 6) is 0.914. The minimum atomic E-state index is -0.142. The Morgan fingerprint density at radius 3 is 2.54 bits per heavy atom. The predicted octanol–water partition coefficient (Wildman–Crippen LogP) is 2.13. The van der Waals surface area contributed by atoms with E-state index < -0.39 is 0 Å². The van der Waals surface area contributed by atoms with Crippen LogP contribution in [0, 0.1) is 5.92 Å². The molecule has 0 aliphatic carbocycles. The summed E-state index contributed by atoms with van der Waals surface area (Å²) >= 11 is 5.93. The maximum Gasteiger partial charge on any atom is 0.241 e. The Bertz CT molecular complexity index is 532. The lowest BCUT2D eigenvalue weighted by Gasteiger charge is -2.33. The molecule has 0 bridgehead atoms. The van der Waals surface area contributed by atoms with Gasteiger partial charge in [-0.3, -0.25) is 4.79 Å². The Kier molecular flexibility index (Phi) is 7.32. The summed E-state index contributed by atoms with van der Waals surface area (Å²) in [6.45, 7) is 2.79. The molecular weight excluding hydrogens is 347 g/mol. The normalized spacial score (nSPS) is 24.7. The molecule has 2 saturated heterocycles. The van der Waals surface area contributed by atoms with Crippen molar-refractivity contribution in [3.8, 4) is 0 Å². The number of piperidine rings is 1. The van der Waals surface area contributed by atoms with Crippen LogP contribution < -0.4 is 16.2 Å². The third-order valence-electron chi connectivity index (χ3n) is 4.89. The SMILES string of the molecule is CNCC1CCN(C(=O)C2CC(c3ccc(Cl)cc3)NN2)CC1.Cl. The Balaban J connectivity index is 0.00000208. The van der Waals surface area contributed by atoms with Crippen LogP contribution in [-0.4, -0.2) is 43.5 Å². The maximum atomic E-state index is 12.7. The van der Waals surface area contributed by atoms with Crippen LogP contribution in [0.3, 0.4) is 0 Å². The first-order valence-electron chi connectivity index (χ1n) is 8.37. The van der Waals surface area contributed by atoms with Crippen molar-refractivity contribution in [2.75, 3.05) is 26.7 Å². The van der Waals surface area contributed by atoms with Gasteiger partial charge in [-0.1, -0.05) is 23.7 Å². The van der Waals surface area contributed by atoms with Gasteiger partial charge < -0.3 is 10.2 Å². The van der Waals surface area contributed by atoms with Gasteiger partial charge in [0.15, 0.2) is 0 Å². The molecule has 1 aromatic rings. The second-order valence-electron chi connectivity index (χ2n) is 6.51. The van der Waals surface area contributed by atoms with E-state index in [0.717, 1.165) is 49.5 Å². The zero-order valence-electron chi connectivity index (χ0n) is 13.9. The third kappa shape index (κ3) is 4.61. The van der Waals surface area contributed by atoms with E-state index in [-0.39, 0.29) is 30.4 Å². The molecule has 0 aromatic heterocycles. The molecule has 0 saturated carbocycles. The molecule has 2 aliphatic heterocycles. The van der Waals surface area contributed by atoms with Gasteiger partial charge >= 0.3 is 0 Å². The number of halogens is 2. The lowest BCUT2D eigenvalue weighted by molar-refractivity contribution is -0.134. The van der Waals surface area contributed by atoms with Crippen LogP contribution >= 0.6 is 24.0 Å². The van der Waals surface area contributed by atoms with E-state index in [4.69, 9.17) is 11.6 Å². The average molecular weight is 373 g/mol. The van der Waals surface area contributed by atoms with Gasteiger partial charge in [-0.2, -0.15) is 0 Å². The summed E-state index contributed by atoms with van der Waals surface area (Å²) in [5, 5.41) is 3.96. The van der Waals surface area contributed by atoms with Gasteiger partial charge in [-0.05, 0) is 56.5 Å². The Morgan fingerprint density at radius 1 is 1.25 bits per heavy atom. The van der Waals surface area contributed by atoms with E-state index in [1.165, 1.54) is 0 Å². The van der Waals surface area contributed by atoms with Gasteiger partial charge in [0.2, 0.25) is 5.91 Å². The second-order valence-corrected chi connectivity index (χ2v) is 6.94. The Hall–Kier alpha value is -0.850. The summed E-state index contributed by atoms with van der Waals surface area (Å²) < 4.78 is 0. The molecular formula is C17H26Cl2N4O. The number of likely N-dealkylation sites (tertiary alicyclic amines) is 1. The number of hydrogen-bond donors (Lipinski definition) is 3. The highest BCUT2D eigenvalue weighted by molar-refractivity contribution is 6.30. The van der Waals surface area contributed by atoms with Gasteiger partial charge in [0.25, 0.3) is 0 Å². The lowest BCUT2D eigenvalue weighted by atomic mass is 9.95. The number of nitrogens with zero attached hydrogens (tertiary/aromatic N) is 1. The number of carbonyl (C=O) groups is 1. The van der Waals surface area contributed by atoms with Gasteiger partial charge in [-0.15, -0.1) is 12.4 Å². The van der Waals surface area contributed by atoms with E-state index in [9.17, 15) is 4.79 Å². The zero-order valence-corrected chi connectivity index (χ0v) is 15.5. The molecule has 3 N–H and O–H groups in total. The number of hydrogen-bond acceptors (Lipinski definition) is 4. The molecule has 5 nitrogen and oxygen atoms in total. The minimum absolute atomic E-state index is 0. The second kappa shape index (κ2) is 9.02. The van der Waals surface area contributed by atoms with Crippen LogP contribution in [-0.2, 0) is 4.79 Å². The summed E-state index contributed by atoms with van der Waals surface area (Å²) in [6.07, 6.45) is 2.96. The fourth-order valence-corrected chi connectivity index (χ4v) is 3.62. The third-order valence-corrected chi connectivity index (χ3v) is 5.14. The first-order valence-corrected chi connectivity index (χ1v) is 8.75. The molecule has 3 rings (SSSR count). The first kappa shape index (κ1) is 19.5. The van der Waals surface area contributed by atoms with Crippen molar-refractivity contribution in [3.63, 3.8) is 0 Å². The van der Waals surface area contributed by atoms with Crippen molar-refractivity contribution in [1.29, 1.82) is 0 Å². The maximum absolute atomic E-state index is 12.7. The fourth-order valence-electron chi connectivity index (χ4n) is 3.50. The standard InChI is InChI=1S/C17H25ClN4O.ClH/c1-19-11-12-6-8-22(9-7-12)17(23)16-10-15(20-21-16)13-2-4-14(18)5-3-13;/h2-5,12,15-16,19-21H,6-11H2,1H3;1H. The van der Waals surface area contributed by atoms with Gasteiger partial charge in [0.1, 0.15) is 6.04 Å². The largest absolute Gasteiger partial charge is 0.341 e. The topological polar surface area (TPSA) is 56.4 Å². The van der Waals surface area contributed by atoms with Crippen LogP contribution in [0.4, 0.5) is 0 Å². The number of benzene rings is 1. The van der Waals surface area contributed by atoms with Crippen LogP contribution in [0.2, 0.25) is 5.02 Å². The lowest BCUT2D eigenvalue weighted by Crippen LogP contribution is -2.49. The number of nitrogens with one attached hydrogen (secondary N) is 3. The average Bonchev–Trinajstić information content (AvgIpc) is 3.06. The van der Waals surface area contributed by atoms with Crippen molar-refractivity contribution < 1.29 is 4.79 Å². The smallest absolute Gasteiger partial charge is 0.241 e. The number of rotatable bonds is 4. The van der Waals surface area contributed by atoms with Gasteiger partial charge in [-0.25, -0.2) is 10.9 Å². The van der Waals surface area contributed by atoms with Gasteiger partial charge in [0, 0.05) is 24.2 Å². The summed E-state index contributed by atoms with van der Waals surface area (Å²) in [7, 11) is 1.99. The summed E-state index contributed by atoms with van der Waals surface area (Å²) in [5.41, 5.74) is 7.56. The zero-order chi connectivity index (χ0) is 16.2. The first-order chi connectivity index (χ1) is 11.2. The van der Waals surface area contributed by atoms with E-state index in [2.05, 4.69) is 16.2 Å². The summed E-state index contributed by atoms with van der Waals surface area (Å²) in [6, 6.07) is 7.82. The van der Waals surface area contributed by atoms with Crippen LogP contribution in [0.1, 0.15) is 30.9 Å². The molecule has 0 spiro atoms. The van der Waals surface area contributed by atoms with Crippen molar-refractivity contribution in [1.82, 2.24) is 21.1 Å². The molecule has 1 aromatic carbocycles. The van der Waals surface area contributed by atoms with Crippen molar-refractivity contribution in [2.24, 2.45) is 5.92 Å². The molecule has 2 fully saturated rings. The van der Waals surface area contributed by atoms with Crippen LogP contribution in [0.15, 0.2) is 24.3 Å². The number of hydrazine groups is 1. The van der Waals surface area contributed by atoms with Crippen molar-refractivity contribution in [2.45, 2.75) is 31.3 Å². The molecule has 2 aliphatic rings. The van der Waals surface area contributed by atoms with E-state index in [1.54, 1.807) is 0 Å². The van der Waals surface area contributed by atoms with Crippen LogP contribution in [0.5, 0.6) is 0 Å². The van der Waals surface area contributed by atoms with Gasteiger partial charge in [0.05, 0.1) is 0 Å². The fraction of sp³-hybridized carbons (Fsp3) is 0.588. The Morgan fingerprint density at radius 2 is 1.92 bits per heavy atom.